The molecule has 144 valence electrons. The Hall–Kier alpha value is -2.57. The number of rotatable bonds is 8. The van der Waals surface area contributed by atoms with Gasteiger partial charge in [-0.3, -0.25) is 14.9 Å². The number of carbonyl (C=O) groups is 3. The fourth-order valence-corrected chi connectivity index (χ4v) is 2.09. The number of hydrogen-bond donors (Lipinski definition) is 4. The number of amides is 4. The average Bonchev–Trinajstić information content (AvgIpc) is 2.56. The van der Waals surface area contributed by atoms with Crippen molar-refractivity contribution in [2.24, 2.45) is 11.8 Å². The van der Waals surface area contributed by atoms with Gasteiger partial charge >= 0.3 is 6.03 Å². The van der Waals surface area contributed by atoms with Gasteiger partial charge in [0, 0.05) is 24.3 Å². The molecule has 0 aliphatic heterocycles. The van der Waals surface area contributed by atoms with Crippen molar-refractivity contribution in [1.82, 2.24) is 16.0 Å². The van der Waals surface area contributed by atoms with Crippen molar-refractivity contribution in [3.63, 3.8) is 0 Å². The van der Waals surface area contributed by atoms with Crippen molar-refractivity contribution in [2.45, 2.75) is 34.6 Å². The van der Waals surface area contributed by atoms with E-state index >= 15 is 0 Å². The van der Waals surface area contributed by atoms with Crippen LogP contribution in [0.5, 0.6) is 0 Å². The number of carbonyl (C=O) groups excluding carboxylic acids is 3. The largest absolute Gasteiger partial charge is 0.376 e. The maximum absolute atomic E-state index is 12.1. The Kier molecular flexibility index (Phi) is 8.61. The van der Waals surface area contributed by atoms with Crippen LogP contribution in [0.4, 0.5) is 10.5 Å². The minimum atomic E-state index is -0.501. The van der Waals surface area contributed by atoms with E-state index in [0.717, 1.165) is 11.3 Å². The quantitative estimate of drug-likeness (QED) is 0.570. The minimum absolute atomic E-state index is 0.0329. The number of nitrogens with one attached hydrogen (secondary N) is 4. The number of urea groups is 1. The van der Waals surface area contributed by atoms with E-state index in [-0.39, 0.29) is 12.5 Å². The molecule has 1 aromatic carbocycles. The third-order valence-electron chi connectivity index (χ3n) is 3.52. The standard InChI is InChI=1S/C19H30N4O3/c1-12(2)9-21-18(25)15-6-7-16(14(5)8-15)20-11-17(24)23-19(26)22-10-13(3)4/h6-8,12-13,20H,9-11H2,1-5H3,(H,21,25)(H2,22,23,24,26). The van der Waals surface area contributed by atoms with Crippen molar-refractivity contribution in [3.8, 4) is 0 Å². The van der Waals surface area contributed by atoms with Crippen LogP contribution in [0, 0.1) is 18.8 Å². The normalized spacial score (nSPS) is 10.6. The lowest BCUT2D eigenvalue weighted by molar-refractivity contribution is -0.118. The molecule has 0 bridgehead atoms. The van der Waals surface area contributed by atoms with Crippen LogP contribution < -0.4 is 21.3 Å². The summed E-state index contributed by atoms with van der Waals surface area (Å²) in [5.41, 5.74) is 2.16. The van der Waals surface area contributed by atoms with E-state index in [1.54, 1.807) is 18.2 Å². The van der Waals surface area contributed by atoms with E-state index in [1.807, 2.05) is 34.6 Å². The van der Waals surface area contributed by atoms with Gasteiger partial charge in [0.2, 0.25) is 5.91 Å². The molecule has 0 unspecified atom stereocenters. The van der Waals surface area contributed by atoms with Gasteiger partial charge in [0.1, 0.15) is 0 Å². The van der Waals surface area contributed by atoms with Gasteiger partial charge in [-0.2, -0.15) is 0 Å². The van der Waals surface area contributed by atoms with E-state index in [0.29, 0.717) is 30.5 Å². The average molecular weight is 362 g/mol. The monoisotopic (exact) mass is 362 g/mol. The number of aryl methyl sites for hydroxylation is 1. The van der Waals surface area contributed by atoms with E-state index in [9.17, 15) is 14.4 Å². The summed E-state index contributed by atoms with van der Waals surface area (Å²) >= 11 is 0. The van der Waals surface area contributed by atoms with Crippen molar-refractivity contribution in [1.29, 1.82) is 0 Å². The summed E-state index contributed by atoms with van der Waals surface area (Å²) in [6, 6.07) is 4.73. The molecule has 0 heterocycles. The Labute approximate surface area is 155 Å². The van der Waals surface area contributed by atoms with Crippen LogP contribution in [0.1, 0.15) is 43.6 Å². The first-order chi connectivity index (χ1) is 12.2. The molecule has 0 fully saturated rings. The number of imide groups is 1. The van der Waals surface area contributed by atoms with Crippen molar-refractivity contribution in [2.75, 3.05) is 25.0 Å². The van der Waals surface area contributed by atoms with Gasteiger partial charge < -0.3 is 16.0 Å². The highest BCUT2D eigenvalue weighted by Crippen LogP contribution is 2.16. The predicted octanol–water partition coefficient (Wildman–Crippen LogP) is 2.27. The molecule has 0 spiro atoms. The van der Waals surface area contributed by atoms with Crippen LogP contribution in [0.25, 0.3) is 0 Å². The summed E-state index contributed by atoms with van der Waals surface area (Å²) in [6.45, 7) is 11.0. The first-order valence-electron chi connectivity index (χ1n) is 8.89. The van der Waals surface area contributed by atoms with Crippen molar-refractivity contribution < 1.29 is 14.4 Å². The number of benzene rings is 1. The van der Waals surface area contributed by atoms with Gasteiger partial charge in [0.25, 0.3) is 5.91 Å². The predicted molar refractivity (Wildman–Crippen MR) is 103 cm³/mol. The third-order valence-corrected chi connectivity index (χ3v) is 3.52. The lowest BCUT2D eigenvalue weighted by Gasteiger charge is -2.12. The summed E-state index contributed by atoms with van der Waals surface area (Å²) in [5, 5.41) is 10.7. The van der Waals surface area contributed by atoms with Gasteiger partial charge in [-0.1, -0.05) is 27.7 Å². The molecule has 1 aromatic rings. The third kappa shape index (κ3) is 8.00. The van der Waals surface area contributed by atoms with Crippen LogP contribution in [0.2, 0.25) is 0 Å². The highest BCUT2D eigenvalue weighted by Gasteiger charge is 2.10. The molecule has 0 atom stereocenters. The maximum atomic E-state index is 12.1. The fourth-order valence-electron chi connectivity index (χ4n) is 2.09. The SMILES string of the molecule is Cc1cc(C(=O)NCC(C)C)ccc1NCC(=O)NC(=O)NCC(C)C. The molecule has 0 aliphatic carbocycles. The van der Waals surface area contributed by atoms with Gasteiger partial charge in [-0.05, 0) is 42.5 Å². The van der Waals surface area contributed by atoms with Crippen LogP contribution in [-0.4, -0.2) is 37.5 Å². The number of hydrogen-bond acceptors (Lipinski definition) is 4. The highest BCUT2D eigenvalue weighted by atomic mass is 16.2. The molecule has 4 N–H and O–H groups in total. The van der Waals surface area contributed by atoms with Crippen molar-refractivity contribution in [3.05, 3.63) is 29.3 Å². The molecule has 0 aromatic heterocycles. The fraction of sp³-hybridized carbons (Fsp3) is 0.526. The minimum Gasteiger partial charge on any atom is -0.376 e. The molecule has 4 amide bonds. The molecular formula is C19H30N4O3. The zero-order chi connectivity index (χ0) is 19.7. The summed E-state index contributed by atoms with van der Waals surface area (Å²) in [6.07, 6.45) is 0. The molecule has 0 saturated carbocycles. The summed E-state index contributed by atoms with van der Waals surface area (Å²) in [7, 11) is 0. The van der Waals surface area contributed by atoms with E-state index in [4.69, 9.17) is 0 Å². The van der Waals surface area contributed by atoms with E-state index in [2.05, 4.69) is 21.3 Å². The van der Waals surface area contributed by atoms with E-state index < -0.39 is 11.9 Å². The smallest absolute Gasteiger partial charge is 0.321 e. The second kappa shape index (κ2) is 10.4. The maximum Gasteiger partial charge on any atom is 0.321 e. The first-order valence-corrected chi connectivity index (χ1v) is 8.89. The second-order valence-corrected chi connectivity index (χ2v) is 7.14. The Bertz CT molecular complexity index is 642. The second-order valence-electron chi connectivity index (χ2n) is 7.14. The molecule has 26 heavy (non-hydrogen) atoms. The first kappa shape index (κ1) is 21.5. The molecule has 1 rings (SSSR count). The highest BCUT2D eigenvalue weighted by molar-refractivity contribution is 5.97. The van der Waals surface area contributed by atoms with Gasteiger partial charge in [0.15, 0.2) is 0 Å². The molecule has 0 radical (unpaired) electrons. The summed E-state index contributed by atoms with van der Waals surface area (Å²) < 4.78 is 0. The van der Waals surface area contributed by atoms with E-state index in [1.165, 1.54) is 0 Å². The van der Waals surface area contributed by atoms with Gasteiger partial charge in [0.05, 0.1) is 6.54 Å². The van der Waals surface area contributed by atoms with Crippen LogP contribution in [0.15, 0.2) is 18.2 Å². The Morgan fingerprint density at radius 2 is 1.58 bits per heavy atom. The Morgan fingerprint density at radius 1 is 0.962 bits per heavy atom. The summed E-state index contributed by atoms with van der Waals surface area (Å²) in [4.78, 5) is 35.4. The number of anilines is 1. The lowest BCUT2D eigenvalue weighted by Crippen LogP contribution is -2.43. The molecule has 7 heteroatoms. The summed E-state index contributed by atoms with van der Waals surface area (Å²) in [5.74, 6) is 0.155. The molecule has 7 nitrogen and oxygen atoms in total. The molecule has 0 aliphatic rings. The molecule has 0 saturated heterocycles. The van der Waals surface area contributed by atoms with Crippen LogP contribution >= 0.6 is 0 Å². The topological polar surface area (TPSA) is 99.3 Å². The van der Waals surface area contributed by atoms with Gasteiger partial charge in [-0.15, -0.1) is 0 Å². The Morgan fingerprint density at radius 3 is 2.15 bits per heavy atom. The Balaban J connectivity index is 2.51. The lowest BCUT2D eigenvalue weighted by atomic mass is 10.1. The zero-order valence-corrected chi connectivity index (χ0v) is 16.2. The molecular weight excluding hydrogens is 332 g/mol. The van der Waals surface area contributed by atoms with Crippen LogP contribution in [0.3, 0.4) is 0 Å². The zero-order valence-electron chi connectivity index (χ0n) is 16.2. The van der Waals surface area contributed by atoms with Gasteiger partial charge in [-0.25, -0.2) is 4.79 Å². The van der Waals surface area contributed by atoms with Crippen molar-refractivity contribution >= 4 is 23.5 Å². The van der Waals surface area contributed by atoms with Crippen LogP contribution in [-0.2, 0) is 4.79 Å².